The first-order chi connectivity index (χ1) is 9.22. The largest absolute Gasteiger partial charge is 0.369 e. The minimum atomic E-state index is 0.270. The molecule has 1 heterocycles. The Morgan fingerprint density at radius 2 is 2.21 bits per heavy atom. The van der Waals surface area contributed by atoms with Gasteiger partial charge in [0.15, 0.2) is 0 Å². The van der Waals surface area contributed by atoms with Gasteiger partial charge in [0.05, 0.1) is 6.07 Å². The van der Waals surface area contributed by atoms with Crippen LogP contribution >= 0.6 is 0 Å². The molecule has 1 atom stereocenters. The van der Waals surface area contributed by atoms with Crippen LogP contribution in [0.1, 0.15) is 31.7 Å². The summed E-state index contributed by atoms with van der Waals surface area (Å²) in [5, 5.41) is 12.6. The lowest BCUT2D eigenvalue weighted by Crippen LogP contribution is -2.39. The normalized spacial score (nSPS) is 24.2. The number of nitrogens with zero attached hydrogens (tertiary/aromatic N) is 2. The zero-order valence-corrected chi connectivity index (χ0v) is 11.5. The summed E-state index contributed by atoms with van der Waals surface area (Å²) >= 11 is 0. The third-order valence-corrected chi connectivity index (χ3v) is 4.40. The van der Waals surface area contributed by atoms with Gasteiger partial charge in [0, 0.05) is 43.2 Å². The Morgan fingerprint density at radius 3 is 2.95 bits per heavy atom. The quantitative estimate of drug-likeness (QED) is 0.902. The average Bonchev–Trinajstić information content (AvgIpc) is 3.17. The molecule has 1 fully saturated rings. The van der Waals surface area contributed by atoms with Crippen molar-refractivity contribution >= 4 is 5.69 Å². The highest BCUT2D eigenvalue weighted by molar-refractivity contribution is 5.55. The fourth-order valence-electron chi connectivity index (χ4n) is 3.04. The summed E-state index contributed by atoms with van der Waals surface area (Å²) in [6, 6.07) is 11.5. The number of hydrogen-bond acceptors (Lipinski definition) is 3. The molecule has 3 heteroatoms. The van der Waals surface area contributed by atoms with Crippen molar-refractivity contribution in [3.05, 3.63) is 29.8 Å². The van der Waals surface area contributed by atoms with E-state index < -0.39 is 0 Å². The van der Waals surface area contributed by atoms with Gasteiger partial charge in [-0.2, -0.15) is 5.26 Å². The third-order valence-electron chi connectivity index (χ3n) is 4.40. The van der Waals surface area contributed by atoms with Gasteiger partial charge in [0.2, 0.25) is 0 Å². The second-order valence-electron chi connectivity index (χ2n) is 6.13. The standard InChI is InChI=1S/C16H21N3/c1-13-11-19(12-16(6-7-16)8-9-17)15-5-3-2-4-14(15)10-18-13/h2-5,13,18H,6-8,10-12H2,1H3. The number of hydrogen-bond donors (Lipinski definition) is 1. The van der Waals surface area contributed by atoms with Gasteiger partial charge >= 0.3 is 0 Å². The van der Waals surface area contributed by atoms with Crippen molar-refractivity contribution in [3.63, 3.8) is 0 Å². The molecule has 0 saturated heterocycles. The maximum absolute atomic E-state index is 8.99. The first-order valence-electron chi connectivity index (χ1n) is 7.16. The lowest BCUT2D eigenvalue weighted by Gasteiger charge is -2.30. The van der Waals surface area contributed by atoms with E-state index in [2.05, 4.69) is 47.5 Å². The minimum absolute atomic E-state index is 0.270. The Morgan fingerprint density at radius 1 is 1.42 bits per heavy atom. The first kappa shape index (κ1) is 12.5. The van der Waals surface area contributed by atoms with Gasteiger partial charge in [0.1, 0.15) is 0 Å². The van der Waals surface area contributed by atoms with Crippen molar-refractivity contribution in [1.29, 1.82) is 5.26 Å². The Bertz CT molecular complexity index is 499. The van der Waals surface area contributed by atoms with E-state index in [0.717, 1.165) is 19.6 Å². The molecule has 0 aromatic heterocycles. The van der Waals surface area contributed by atoms with Crippen LogP contribution in [0.25, 0.3) is 0 Å². The Labute approximate surface area is 115 Å². The average molecular weight is 255 g/mol. The maximum Gasteiger partial charge on any atom is 0.0628 e. The molecule has 1 aliphatic heterocycles. The third kappa shape index (κ3) is 2.59. The number of nitrogens with one attached hydrogen (secondary N) is 1. The van der Waals surface area contributed by atoms with E-state index in [0.29, 0.717) is 12.5 Å². The molecular formula is C16H21N3. The molecule has 1 N–H and O–H groups in total. The Hall–Kier alpha value is -1.53. The number of anilines is 1. The molecule has 3 rings (SSSR count). The summed E-state index contributed by atoms with van der Waals surface area (Å²) in [4.78, 5) is 2.49. The van der Waals surface area contributed by atoms with Crippen LogP contribution in [-0.4, -0.2) is 19.1 Å². The van der Waals surface area contributed by atoms with E-state index in [1.807, 2.05) is 0 Å². The molecule has 0 bridgehead atoms. The molecule has 1 aromatic rings. The summed E-state index contributed by atoms with van der Waals surface area (Å²) in [6.45, 7) is 5.25. The number of fused-ring (bicyclic) bond motifs is 1. The lowest BCUT2D eigenvalue weighted by atomic mass is 10.0. The zero-order valence-electron chi connectivity index (χ0n) is 11.5. The highest BCUT2D eigenvalue weighted by atomic mass is 15.2. The molecule has 0 radical (unpaired) electrons. The molecule has 1 aromatic carbocycles. The van der Waals surface area contributed by atoms with E-state index >= 15 is 0 Å². The van der Waals surface area contributed by atoms with Crippen molar-refractivity contribution in [2.24, 2.45) is 5.41 Å². The number of benzene rings is 1. The molecule has 0 spiro atoms. The summed E-state index contributed by atoms with van der Waals surface area (Å²) in [5.41, 5.74) is 2.99. The smallest absolute Gasteiger partial charge is 0.0628 e. The second-order valence-corrected chi connectivity index (χ2v) is 6.13. The summed E-state index contributed by atoms with van der Waals surface area (Å²) in [5.74, 6) is 0. The fraction of sp³-hybridized carbons (Fsp3) is 0.562. The molecule has 3 nitrogen and oxygen atoms in total. The van der Waals surface area contributed by atoms with Crippen LogP contribution in [0.3, 0.4) is 0 Å². The van der Waals surface area contributed by atoms with Crippen LogP contribution < -0.4 is 10.2 Å². The first-order valence-corrected chi connectivity index (χ1v) is 7.16. The monoisotopic (exact) mass is 255 g/mol. The highest BCUT2D eigenvalue weighted by Crippen LogP contribution is 2.49. The maximum atomic E-state index is 8.99. The van der Waals surface area contributed by atoms with Crippen molar-refractivity contribution in [3.8, 4) is 6.07 Å². The number of nitriles is 1. The minimum Gasteiger partial charge on any atom is -0.369 e. The SMILES string of the molecule is CC1CN(CC2(CC#N)CC2)c2ccccc2CN1. The van der Waals surface area contributed by atoms with Crippen molar-refractivity contribution < 1.29 is 0 Å². The summed E-state index contributed by atoms with van der Waals surface area (Å²) in [6.07, 6.45) is 3.12. The second kappa shape index (κ2) is 4.86. The fourth-order valence-corrected chi connectivity index (χ4v) is 3.04. The number of para-hydroxylation sites is 1. The molecule has 0 amide bonds. The molecule has 1 aliphatic carbocycles. The van der Waals surface area contributed by atoms with Crippen LogP contribution in [0.2, 0.25) is 0 Å². The zero-order chi connectivity index (χ0) is 13.3. The molecule has 19 heavy (non-hydrogen) atoms. The van der Waals surface area contributed by atoms with Gasteiger partial charge in [-0.25, -0.2) is 0 Å². The van der Waals surface area contributed by atoms with Crippen molar-refractivity contribution in [2.75, 3.05) is 18.0 Å². The molecule has 1 saturated carbocycles. The van der Waals surface area contributed by atoms with E-state index in [9.17, 15) is 0 Å². The van der Waals surface area contributed by atoms with Crippen molar-refractivity contribution in [2.45, 2.75) is 38.8 Å². The van der Waals surface area contributed by atoms with E-state index in [1.54, 1.807) is 0 Å². The van der Waals surface area contributed by atoms with Gasteiger partial charge < -0.3 is 10.2 Å². The van der Waals surface area contributed by atoms with Crippen LogP contribution in [0, 0.1) is 16.7 Å². The van der Waals surface area contributed by atoms with Gasteiger partial charge in [0.25, 0.3) is 0 Å². The van der Waals surface area contributed by atoms with Gasteiger partial charge in [-0.1, -0.05) is 18.2 Å². The predicted octanol–water partition coefficient (Wildman–Crippen LogP) is 2.68. The van der Waals surface area contributed by atoms with Gasteiger partial charge in [-0.3, -0.25) is 0 Å². The molecule has 100 valence electrons. The Kier molecular flexibility index (Phi) is 3.20. The lowest BCUT2D eigenvalue weighted by molar-refractivity contribution is 0.483. The van der Waals surface area contributed by atoms with Crippen LogP contribution in [0.15, 0.2) is 24.3 Å². The van der Waals surface area contributed by atoms with Crippen molar-refractivity contribution in [1.82, 2.24) is 5.32 Å². The topological polar surface area (TPSA) is 39.1 Å². The number of rotatable bonds is 3. The van der Waals surface area contributed by atoms with E-state index in [-0.39, 0.29) is 5.41 Å². The van der Waals surface area contributed by atoms with Crippen LogP contribution in [0.4, 0.5) is 5.69 Å². The summed E-state index contributed by atoms with van der Waals surface area (Å²) in [7, 11) is 0. The van der Waals surface area contributed by atoms with Gasteiger partial charge in [-0.15, -0.1) is 0 Å². The predicted molar refractivity (Wildman–Crippen MR) is 76.9 cm³/mol. The molecule has 2 aliphatic rings. The summed E-state index contributed by atoms with van der Waals surface area (Å²) < 4.78 is 0. The molecule has 1 unspecified atom stereocenters. The van der Waals surface area contributed by atoms with Crippen LogP contribution in [-0.2, 0) is 6.54 Å². The molecular weight excluding hydrogens is 234 g/mol. The van der Waals surface area contributed by atoms with E-state index in [4.69, 9.17) is 5.26 Å². The van der Waals surface area contributed by atoms with Gasteiger partial charge in [-0.05, 0) is 31.4 Å². The van der Waals surface area contributed by atoms with E-state index in [1.165, 1.54) is 24.1 Å². The highest BCUT2D eigenvalue weighted by Gasteiger charge is 2.44. The Balaban J connectivity index is 1.85. The van der Waals surface area contributed by atoms with Crippen LogP contribution in [0.5, 0.6) is 0 Å².